The Labute approximate surface area is 105 Å². The highest BCUT2D eigenvalue weighted by Gasteiger charge is 2.28. The number of carboxylic acid groups (broad SMARTS) is 1. The molecule has 0 fully saturated rings. The highest BCUT2D eigenvalue weighted by Crippen LogP contribution is 2.22. The molecule has 98 valence electrons. The lowest BCUT2D eigenvalue weighted by Gasteiger charge is -2.24. The molecule has 1 heterocycles. The number of aromatic nitrogens is 1. The molecule has 1 rings (SSSR count). The molecule has 6 nitrogen and oxygen atoms in total. The van der Waals surface area contributed by atoms with Crippen molar-refractivity contribution in [2.45, 2.75) is 33.2 Å². The zero-order valence-corrected chi connectivity index (χ0v) is 10.9. The van der Waals surface area contributed by atoms with E-state index in [0.29, 0.717) is 11.3 Å². The highest BCUT2D eigenvalue weighted by atomic mass is 16.4. The number of rotatable bonds is 4. The zero-order chi connectivity index (χ0) is 14.1. The first-order chi connectivity index (χ1) is 8.15. The quantitative estimate of drug-likeness (QED) is 0.742. The van der Waals surface area contributed by atoms with Gasteiger partial charge in [-0.25, -0.2) is 9.78 Å². The number of pyridine rings is 1. The van der Waals surface area contributed by atoms with Gasteiger partial charge < -0.3 is 16.2 Å². The molecule has 0 aliphatic heterocycles. The van der Waals surface area contributed by atoms with E-state index in [1.165, 1.54) is 0 Å². The standard InChI is InChI=1S/C12H17N3O3/c1-6-5-7(2)14-9(8(6)10(16)17)15-12(3,4)11(13)18/h5H,1-4H3,(H2,13,18)(H,14,15)(H,16,17). The fourth-order valence-electron chi connectivity index (χ4n) is 1.55. The van der Waals surface area contributed by atoms with Crippen molar-refractivity contribution in [3.8, 4) is 0 Å². The highest BCUT2D eigenvalue weighted by molar-refractivity contribution is 5.96. The fourth-order valence-corrected chi connectivity index (χ4v) is 1.55. The second-order valence-electron chi connectivity index (χ2n) is 4.72. The predicted molar refractivity (Wildman–Crippen MR) is 67.6 cm³/mol. The maximum atomic E-state index is 11.3. The molecule has 4 N–H and O–H groups in total. The molecule has 0 saturated heterocycles. The molecule has 18 heavy (non-hydrogen) atoms. The average molecular weight is 251 g/mol. The maximum absolute atomic E-state index is 11.3. The number of nitrogens with zero attached hydrogens (tertiary/aromatic N) is 1. The number of hydrogen-bond acceptors (Lipinski definition) is 4. The van der Waals surface area contributed by atoms with Crippen LogP contribution in [0, 0.1) is 13.8 Å². The van der Waals surface area contributed by atoms with Gasteiger partial charge in [-0.3, -0.25) is 4.79 Å². The number of primary amides is 1. The second kappa shape index (κ2) is 4.64. The second-order valence-corrected chi connectivity index (χ2v) is 4.72. The molecule has 0 bridgehead atoms. The molecule has 1 amide bonds. The molecular formula is C12H17N3O3. The van der Waals surface area contributed by atoms with Crippen LogP contribution in [0.3, 0.4) is 0 Å². The van der Waals surface area contributed by atoms with Crippen LogP contribution in [-0.2, 0) is 4.79 Å². The Bertz CT molecular complexity index is 510. The fraction of sp³-hybridized carbons (Fsp3) is 0.417. The molecule has 0 aromatic carbocycles. The van der Waals surface area contributed by atoms with Crippen molar-refractivity contribution in [2.75, 3.05) is 5.32 Å². The smallest absolute Gasteiger partial charge is 0.339 e. The van der Waals surface area contributed by atoms with E-state index in [9.17, 15) is 14.7 Å². The van der Waals surface area contributed by atoms with Gasteiger partial charge >= 0.3 is 5.97 Å². The number of aromatic carboxylic acids is 1. The van der Waals surface area contributed by atoms with Crippen molar-refractivity contribution >= 4 is 17.7 Å². The summed E-state index contributed by atoms with van der Waals surface area (Å²) in [5.41, 5.74) is 5.47. The molecule has 0 aliphatic rings. The number of aryl methyl sites for hydroxylation is 2. The van der Waals surface area contributed by atoms with Crippen molar-refractivity contribution in [2.24, 2.45) is 5.73 Å². The zero-order valence-electron chi connectivity index (χ0n) is 10.9. The molecule has 0 saturated carbocycles. The van der Waals surface area contributed by atoms with E-state index in [-0.39, 0.29) is 11.4 Å². The molecule has 0 spiro atoms. The van der Waals surface area contributed by atoms with E-state index < -0.39 is 17.4 Å². The van der Waals surface area contributed by atoms with Gasteiger partial charge in [0.25, 0.3) is 0 Å². The lowest BCUT2D eigenvalue weighted by Crippen LogP contribution is -2.45. The summed E-state index contributed by atoms with van der Waals surface area (Å²) in [6, 6.07) is 1.67. The third-order valence-corrected chi connectivity index (χ3v) is 2.61. The SMILES string of the molecule is Cc1cc(C)c(C(=O)O)c(NC(C)(C)C(N)=O)n1. The Hall–Kier alpha value is -2.11. The number of anilines is 1. The van der Waals surface area contributed by atoms with Crippen LogP contribution in [0.25, 0.3) is 0 Å². The summed E-state index contributed by atoms with van der Waals surface area (Å²) in [5.74, 6) is -1.52. The Morgan fingerprint density at radius 3 is 2.39 bits per heavy atom. The number of amides is 1. The molecular weight excluding hydrogens is 234 g/mol. The van der Waals surface area contributed by atoms with E-state index in [2.05, 4.69) is 10.3 Å². The first-order valence-electron chi connectivity index (χ1n) is 5.45. The van der Waals surface area contributed by atoms with Gasteiger partial charge in [-0.15, -0.1) is 0 Å². The maximum Gasteiger partial charge on any atom is 0.339 e. The summed E-state index contributed by atoms with van der Waals surface area (Å²) in [4.78, 5) is 26.6. The van der Waals surface area contributed by atoms with Gasteiger partial charge in [0.2, 0.25) is 5.91 Å². The first-order valence-corrected chi connectivity index (χ1v) is 5.45. The van der Waals surface area contributed by atoms with Crippen molar-refractivity contribution in [3.05, 3.63) is 22.9 Å². The van der Waals surface area contributed by atoms with Crippen LogP contribution in [0.15, 0.2) is 6.07 Å². The van der Waals surface area contributed by atoms with E-state index in [4.69, 9.17) is 5.73 Å². The van der Waals surface area contributed by atoms with Gasteiger partial charge in [-0.05, 0) is 39.3 Å². The van der Waals surface area contributed by atoms with E-state index >= 15 is 0 Å². The van der Waals surface area contributed by atoms with Gasteiger partial charge in [0.1, 0.15) is 16.9 Å². The number of nitrogens with two attached hydrogens (primary N) is 1. The largest absolute Gasteiger partial charge is 0.478 e. The van der Waals surface area contributed by atoms with Crippen LogP contribution in [0.4, 0.5) is 5.82 Å². The van der Waals surface area contributed by atoms with Crippen molar-refractivity contribution in [3.63, 3.8) is 0 Å². The lowest BCUT2D eigenvalue weighted by atomic mass is 10.0. The summed E-state index contributed by atoms with van der Waals surface area (Å²) in [7, 11) is 0. The Morgan fingerprint density at radius 1 is 1.39 bits per heavy atom. The van der Waals surface area contributed by atoms with Gasteiger partial charge in [0, 0.05) is 5.69 Å². The summed E-state index contributed by atoms with van der Waals surface area (Å²) >= 11 is 0. The molecule has 1 aromatic rings. The summed E-state index contributed by atoms with van der Waals surface area (Å²) < 4.78 is 0. The minimum absolute atomic E-state index is 0.0509. The van der Waals surface area contributed by atoms with Gasteiger partial charge in [0.05, 0.1) is 0 Å². The topological polar surface area (TPSA) is 105 Å². The average Bonchev–Trinajstić information content (AvgIpc) is 2.13. The minimum Gasteiger partial charge on any atom is -0.478 e. The van der Waals surface area contributed by atoms with Crippen LogP contribution in [0.5, 0.6) is 0 Å². The molecule has 0 radical (unpaired) electrons. The van der Waals surface area contributed by atoms with Gasteiger partial charge in [0.15, 0.2) is 0 Å². The van der Waals surface area contributed by atoms with E-state index in [1.54, 1.807) is 33.8 Å². The number of carbonyl (C=O) groups is 2. The third kappa shape index (κ3) is 2.77. The molecule has 0 unspecified atom stereocenters. The number of carboxylic acids is 1. The summed E-state index contributed by atoms with van der Waals surface area (Å²) in [5, 5.41) is 12.0. The molecule has 0 aliphatic carbocycles. The monoisotopic (exact) mass is 251 g/mol. The van der Waals surface area contributed by atoms with Crippen LogP contribution >= 0.6 is 0 Å². The van der Waals surface area contributed by atoms with Crippen LogP contribution in [0.1, 0.15) is 35.5 Å². The van der Waals surface area contributed by atoms with E-state index in [0.717, 1.165) is 0 Å². The Kier molecular flexibility index (Phi) is 3.59. The number of carbonyl (C=O) groups excluding carboxylic acids is 1. The normalized spacial score (nSPS) is 11.1. The first kappa shape index (κ1) is 14.0. The molecule has 1 aromatic heterocycles. The summed E-state index contributed by atoms with van der Waals surface area (Å²) in [6.07, 6.45) is 0. The Balaban J connectivity index is 3.32. The van der Waals surface area contributed by atoms with Crippen LogP contribution in [0.2, 0.25) is 0 Å². The van der Waals surface area contributed by atoms with Crippen LogP contribution < -0.4 is 11.1 Å². The molecule has 0 atom stereocenters. The van der Waals surface area contributed by atoms with Gasteiger partial charge in [-0.2, -0.15) is 0 Å². The van der Waals surface area contributed by atoms with Crippen molar-refractivity contribution < 1.29 is 14.7 Å². The minimum atomic E-state index is -1.09. The number of hydrogen-bond donors (Lipinski definition) is 3. The lowest BCUT2D eigenvalue weighted by molar-refractivity contribution is -0.121. The van der Waals surface area contributed by atoms with Gasteiger partial charge in [-0.1, -0.05) is 0 Å². The van der Waals surface area contributed by atoms with E-state index in [1.807, 2.05) is 0 Å². The summed E-state index contributed by atoms with van der Waals surface area (Å²) in [6.45, 7) is 6.57. The molecule has 6 heteroatoms. The Morgan fingerprint density at radius 2 is 1.94 bits per heavy atom. The third-order valence-electron chi connectivity index (χ3n) is 2.61. The predicted octanol–water partition coefficient (Wildman–Crippen LogP) is 1.07. The van der Waals surface area contributed by atoms with Crippen molar-refractivity contribution in [1.82, 2.24) is 4.98 Å². The number of nitrogens with one attached hydrogen (secondary N) is 1. The van der Waals surface area contributed by atoms with Crippen molar-refractivity contribution in [1.29, 1.82) is 0 Å². The van der Waals surface area contributed by atoms with Crippen LogP contribution in [-0.4, -0.2) is 27.5 Å².